The van der Waals surface area contributed by atoms with E-state index in [1.807, 2.05) is 5.57 Å². The second-order valence-electron chi connectivity index (χ2n) is 9.56. The third-order valence-electron chi connectivity index (χ3n) is 8.86. The first-order valence-corrected chi connectivity index (χ1v) is 10.3. The zero-order valence-corrected chi connectivity index (χ0v) is 15.2. The summed E-state index contributed by atoms with van der Waals surface area (Å²) in [5.74, 6) is 4.18. The Kier molecular flexibility index (Phi) is 3.74. The van der Waals surface area contributed by atoms with Crippen LogP contribution in [-0.4, -0.2) is 0 Å². The quantitative estimate of drug-likeness (QED) is 0.494. The average molecular weight is 301 g/mol. The van der Waals surface area contributed by atoms with E-state index in [0.717, 1.165) is 23.7 Å². The summed E-state index contributed by atoms with van der Waals surface area (Å²) in [5, 5.41) is 0. The van der Waals surface area contributed by atoms with Crippen molar-refractivity contribution in [1.82, 2.24) is 0 Å². The molecular weight excluding hydrogens is 264 g/mol. The molecule has 0 amide bonds. The first kappa shape index (κ1) is 15.3. The average Bonchev–Trinajstić information content (AvgIpc) is 2.84. The Balaban J connectivity index is 1.62. The summed E-state index contributed by atoms with van der Waals surface area (Å²) in [7, 11) is 0. The SMILES string of the molecule is CCC[C@@H]1CC[C@H]2[C@@H]3CCC4=CCCC[C@]4(C)[C@H]3CC[C@]12C. The van der Waals surface area contributed by atoms with E-state index in [1.54, 1.807) is 6.42 Å². The molecule has 3 fully saturated rings. The van der Waals surface area contributed by atoms with E-state index in [0.29, 0.717) is 10.8 Å². The van der Waals surface area contributed by atoms with Crippen LogP contribution in [0.25, 0.3) is 0 Å². The van der Waals surface area contributed by atoms with Crippen molar-refractivity contribution in [3.05, 3.63) is 11.6 Å². The fourth-order valence-corrected chi connectivity index (χ4v) is 7.69. The summed E-state index contributed by atoms with van der Waals surface area (Å²) in [6.45, 7) is 7.73. The minimum atomic E-state index is 0.589. The number of allylic oxidation sites excluding steroid dienone is 2. The van der Waals surface area contributed by atoms with E-state index in [1.165, 1.54) is 64.2 Å². The van der Waals surface area contributed by atoms with Gasteiger partial charge in [-0.2, -0.15) is 0 Å². The van der Waals surface area contributed by atoms with Gasteiger partial charge in [0.2, 0.25) is 0 Å². The van der Waals surface area contributed by atoms with E-state index < -0.39 is 0 Å². The first-order valence-electron chi connectivity index (χ1n) is 10.3. The molecule has 0 aromatic rings. The molecule has 0 heteroatoms. The number of rotatable bonds is 2. The van der Waals surface area contributed by atoms with Crippen LogP contribution in [-0.2, 0) is 0 Å². The van der Waals surface area contributed by atoms with Crippen molar-refractivity contribution < 1.29 is 0 Å². The van der Waals surface area contributed by atoms with E-state index >= 15 is 0 Å². The molecule has 0 spiro atoms. The molecule has 0 saturated heterocycles. The van der Waals surface area contributed by atoms with Crippen LogP contribution < -0.4 is 0 Å². The molecule has 4 rings (SSSR count). The third kappa shape index (κ3) is 2.01. The summed E-state index contributed by atoms with van der Waals surface area (Å²) in [6, 6.07) is 0. The van der Waals surface area contributed by atoms with Gasteiger partial charge in [-0.05, 0) is 92.3 Å². The van der Waals surface area contributed by atoms with Gasteiger partial charge in [-0.15, -0.1) is 0 Å². The molecule has 0 heterocycles. The zero-order valence-electron chi connectivity index (χ0n) is 15.2. The zero-order chi connectivity index (χ0) is 15.4. The van der Waals surface area contributed by atoms with Gasteiger partial charge in [0, 0.05) is 0 Å². The molecular formula is C22H36. The fraction of sp³-hybridized carbons (Fsp3) is 0.909. The molecule has 0 bridgehead atoms. The summed E-state index contributed by atoms with van der Waals surface area (Å²) in [6.07, 6.45) is 18.9. The van der Waals surface area contributed by atoms with Gasteiger partial charge >= 0.3 is 0 Å². The summed E-state index contributed by atoms with van der Waals surface area (Å²) < 4.78 is 0. The van der Waals surface area contributed by atoms with Gasteiger partial charge in [-0.3, -0.25) is 0 Å². The van der Waals surface area contributed by atoms with Gasteiger partial charge in [0.1, 0.15) is 0 Å². The molecule has 3 saturated carbocycles. The molecule has 6 atom stereocenters. The van der Waals surface area contributed by atoms with Gasteiger partial charge in [0.15, 0.2) is 0 Å². The van der Waals surface area contributed by atoms with Crippen molar-refractivity contribution in [2.24, 2.45) is 34.5 Å². The fourth-order valence-electron chi connectivity index (χ4n) is 7.69. The standard InChI is InChI=1S/C22H36/c1-4-7-16-10-12-19-18-11-9-17-8-5-6-14-21(17,2)20(18)13-15-22(16,19)3/h8,16,18-20H,4-7,9-15H2,1-3H3/t16-,18+,19+,20+,21+,22-/m1/s1. The van der Waals surface area contributed by atoms with Gasteiger partial charge in [0.25, 0.3) is 0 Å². The second-order valence-corrected chi connectivity index (χ2v) is 9.56. The van der Waals surface area contributed by atoms with E-state index in [-0.39, 0.29) is 0 Å². The van der Waals surface area contributed by atoms with Crippen LogP contribution in [0.1, 0.15) is 91.4 Å². The Hall–Kier alpha value is -0.260. The molecule has 124 valence electrons. The minimum Gasteiger partial charge on any atom is -0.0848 e. The Morgan fingerprint density at radius 3 is 2.73 bits per heavy atom. The molecule has 0 aromatic carbocycles. The molecule has 22 heavy (non-hydrogen) atoms. The van der Waals surface area contributed by atoms with Crippen LogP contribution in [0.2, 0.25) is 0 Å². The van der Waals surface area contributed by atoms with E-state index in [9.17, 15) is 0 Å². The third-order valence-corrected chi connectivity index (χ3v) is 8.86. The molecule has 0 aromatic heterocycles. The lowest BCUT2D eigenvalue weighted by Gasteiger charge is -2.58. The van der Waals surface area contributed by atoms with Crippen LogP contribution >= 0.6 is 0 Å². The van der Waals surface area contributed by atoms with Crippen LogP contribution in [0.15, 0.2) is 11.6 Å². The molecule has 0 unspecified atom stereocenters. The molecule has 0 nitrogen and oxygen atoms in total. The van der Waals surface area contributed by atoms with Crippen LogP contribution in [0.3, 0.4) is 0 Å². The van der Waals surface area contributed by atoms with Crippen molar-refractivity contribution in [2.75, 3.05) is 0 Å². The lowest BCUT2D eigenvalue weighted by molar-refractivity contribution is -0.0521. The van der Waals surface area contributed by atoms with Crippen molar-refractivity contribution >= 4 is 0 Å². The first-order chi connectivity index (χ1) is 10.6. The maximum absolute atomic E-state index is 2.69. The topological polar surface area (TPSA) is 0 Å². The molecule has 0 radical (unpaired) electrons. The molecule has 0 aliphatic heterocycles. The molecule has 0 N–H and O–H groups in total. The molecule has 4 aliphatic rings. The van der Waals surface area contributed by atoms with Gasteiger partial charge < -0.3 is 0 Å². The van der Waals surface area contributed by atoms with Crippen molar-refractivity contribution in [2.45, 2.75) is 91.4 Å². The summed E-state index contributed by atoms with van der Waals surface area (Å²) in [5.41, 5.74) is 3.15. The van der Waals surface area contributed by atoms with Crippen LogP contribution in [0.5, 0.6) is 0 Å². The highest BCUT2D eigenvalue weighted by atomic mass is 14.6. The van der Waals surface area contributed by atoms with Crippen LogP contribution in [0, 0.1) is 34.5 Å². The van der Waals surface area contributed by atoms with Gasteiger partial charge in [-0.25, -0.2) is 0 Å². The maximum Gasteiger partial charge on any atom is -0.00853 e. The normalized spacial score (nSPS) is 50.8. The summed E-state index contributed by atoms with van der Waals surface area (Å²) in [4.78, 5) is 0. The van der Waals surface area contributed by atoms with Crippen LogP contribution in [0.4, 0.5) is 0 Å². The van der Waals surface area contributed by atoms with Crippen molar-refractivity contribution in [3.8, 4) is 0 Å². The van der Waals surface area contributed by atoms with E-state index in [2.05, 4.69) is 26.8 Å². The number of hydrogen-bond acceptors (Lipinski definition) is 0. The monoisotopic (exact) mass is 300 g/mol. The van der Waals surface area contributed by atoms with E-state index in [4.69, 9.17) is 0 Å². The molecule has 4 aliphatic carbocycles. The summed E-state index contributed by atoms with van der Waals surface area (Å²) >= 11 is 0. The van der Waals surface area contributed by atoms with Crippen molar-refractivity contribution in [3.63, 3.8) is 0 Å². The Morgan fingerprint density at radius 2 is 1.91 bits per heavy atom. The van der Waals surface area contributed by atoms with Gasteiger partial charge in [-0.1, -0.05) is 45.3 Å². The Morgan fingerprint density at radius 1 is 1.05 bits per heavy atom. The smallest absolute Gasteiger partial charge is 0.00853 e. The Labute approximate surface area is 138 Å². The lowest BCUT2D eigenvalue weighted by atomic mass is 9.47. The minimum absolute atomic E-state index is 0.589. The second kappa shape index (κ2) is 5.38. The highest BCUT2D eigenvalue weighted by molar-refractivity contribution is 5.23. The predicted octanol–water partition coefficient (Wildman–Crippen LogP) is 6.76. The Bertz CT molecular complexity index is 461. The lowest BCUT2D eigenvalue weighted by Crippen LogP contribution is -2.50. The van der Waals surface area contributed by atoms with Crippen molar-refractivity contribution in [1.29, 1.82) is 0 Å². The largest absolute Gasteiger partial charge is 0.0848 e. The highest BCUT2D eigenvalue weighted by Gasteiger charge is 2.58. The predicted molar refractivity (Wildman–Crippen MR) is 94.7 cm³/mol. The maximum atomic E-state index is 2.69. The number of hydrogen-bond donors (Lipinski definition) is 0. The number of fused-ring (bicyclic) bond motifs is 5. The highest BCUT2D eigenvalue weighted by Crippen LogP contribution is 2.67. The van der Waals surface area contributed by atoms with Gasteiger partial charge in [0.05, 0.1) is 0 Å².